The van der Waals surface area contributed by atoms with Crippen LogP contribution in [-0.4, -0.2) is 48.5 Å². The quantitative estimate of drug-likeness (QED) is 0.853. The van der Waals surface area contributed by atoms with Crippen molar-refractivity contribution in [3.8, 4) is 5.75 Å². The number of alkyl carbamates (subject to hydrolysis) is 1. The number of nitrogens with one attached hydrogen (secondary N) is 1. The summed E-state index contributed by atoms with van der Waals surface area (Å²) >= 11 is 0. The van der Waals surface area contributed by atoms with Crippen molar-refractivity contribution in [2.24, 2.45) is 11.8 Å². The Hall–Kier alpha value is -2.45. The van der Waals surface area contributed by atoms with E-state index in [0.29, 0.717) is 32.5 Å². The predicted molar refractivity (Wildman–Crippen MR) is 89.4 cm³/mol. The van der Waals surface area contributed by atoms with Gasteiger partial charge >= 0.3 is 12.5 Å². The fraction of sp³-hybridized carbons (Fsp3) is 0.579. The molecule has 2 saturated carbocycles. The SMILES string of the molecule is O=C1N[C@]2(CO1)C[C@H](C(=O)N1CC3CC3(c3cccc(OC(F)(F)F)c3)C1)C2. The molecule has 2 aliphatic carbocycles. The van der Waals surface area contributed by atoms with Gasteiger partial charge in [0.25, 0.3) is 0 Å². The molecule has 2 aliphatic heterocycles. The minimum absolute atomic E-state index is 0.0565. The number of nitrogens with zero attached hydrogens (tertiary/aromatic N) is 1. The summed E-state index contributed by atoms with van der Waals surface area (Å²) in [5, 5.41) is 2.78. The molecule has 2 saturated heterocycles. The Kier molecular flexibility index (Phi) is 3.49. The Balaban J connectivity index is 1.25. The number of hydrogen-bond donors (Lipinski definition) is 1. The third-order valence-electron chi connectivity index (χ3n) is 6.57. The zero-order valence-corrected chi connectivity index (χ0v) is 14.9. The fourth-order valence-electron chi connectivity index (χ4n) is 5.13. The number of carbonyl (C=O) groups excluding carboxylic acids is 2. The van der Waals surface area contributed by atoms with Crippen LogP contribution >= 0.6 is 0 Å². The van der Waals surface area contributed by atoms with Crippen LogP contribution in [0.5, 0.6) is 5.75 Å². The van der Waals surface area contributed by atoms with Gasteiger partial charge in [0.2, 0.25) is 5.91 Å². The molecule has 4 aliphatic rings. The lowest BCUT2D eigenvalue weighted by Gasteiger charge is -2.43. The lowest BCUT2D eigenvalue weighted by atomic mass is 9.68. The van der Waals surface area contributed by atoms with Crippen LogP contribution in [0.25, 0.3) is 0 Å². The zero-order chi connectivity index (χ0) is 19.7. The number of ether oxygens (including phenoxy) is 2. The van der Waals surface area contributed by atoms with Crippen LogP contribution in [0.15, 0.2) is 24.3 Å². The number of alkyl halides is 3. The number of halogens is 3. The van der Waals surface area contributed by atoms with Gasteiger partial charge in [0.05, 0.1) is 5.54 Å². The maximum atomic E-state index is 12.8. The fourth-order valence-corrected chi connectivity index (χ4v) is 5.13. The first-order chi connectivity index (χ1) is 13.2. The van der Waals surface area contributed by atoms with E-state index in [1.165, 1.54) is 12.1 Å². The third-order valence-corrected chi connectivity index (χ3v) is 6.57. The number of hydrogen-bond acceptors (Lipinski definition) is 4. The topological polar surface area (TPSA) is 67.9 Å². The van der Waals surface area contributed by atoms with Crippen molar-refractivity contribution in [1.29, 1.82) is 0 Å². The summed E-state index contributed by atoms with van der Waals surface area (Å²) in [7, 11) is 0. The van der Waals surface area contributed by atoms with Crippen molar-refractivity contribution in [3.05, 3.63) is 29.8 Å². The lowest BCUT2D eigenvalue weighted by Crippen LogP contribution is -2.58. The molecule has 0 bridgehead atoms. The number of carbonyl (C=O) groups is 2. The monoisotopic (exact) mass is 396 g/mol. The van der Waals surface area contributed by atoms with Crippen LogP contribution in [0.4, 0.5) is 18.0 Å². The Morgan fingerprint density at radius 3 is 2.75 bits per heavy atom. The van der Waals surface area contributed by atoms with Gasteiger partial charge in [0, 0.05) is 24.4 Å². The third kappa shape index (κ3) is 2.79. The molecule has 2 heterocycles. The average Bonchev–Trinajstić information content (AvgIpc) is 2.95. The number of amides is 2. The van der Waals surface area contributed by atoms with Gasteiger partial charge in [-0.25, -0.2) is 4.79 Å². The van der Waals surface area contributed by atoms with Gasteiger partial charge in [-0.15, -0.1) is 13.2 Å². The Morgan fingerprint density at radius 2 is 2.07 bits per heavy atom. The first-order valence-corrected chi connectivity index (χ1v) is 9.28. The van der Waals surface area contributed by atoms with E-state index in [9.17, 15) is 22.8 Å². The molecule has 0 radical (unpaired) electrons. The van der Waals surface area contributed by atoms with E-state index in [4.69, 9.17) is 4.74 Å². The van der Waals surface area contributed by atoms with Crippen LogP contribution in [0.2, 0.25) is 0 Å². The van der Waals surface area contributed by atoms with Crippen molar-refractivity contribution >= 4 is 12.0 Å². The maximum Gasteiger partial charge on any atom is 0.573 e. The molecule has 0 aromatic heterocycles. The number of piperidine rings is 1. The minimum Gasteiger partial charge on any atom is -0.447 e. The van der Waals surface area contributed by atoms with Gasteiger partial charge in [0.1, 0.15) is 12.4 Å². The Labute approximate surface area is 159 Å². The van der Waals surface area contributed by atoms with E-state index in [2.05, 4.69) is 10.1 Å². The number of cyclic esters (lactones) is 1. The normalized spacial score (nSPS) is 35.8. The summed E-state index contributed by atoms with van der Waals surface area (Å²) in [6.07, 6.45) is -3.16. The molecule has 4 fully saturated rings. The molecule has 9 heteroatoms. The molecule has 150 valence electrons. The summed E-state index contributed by atoms with van der Waals surface area (Å²) in [4.78, 5) is 25.9. The highest BCUT2D eigenvalue weighted by Crippen LogP contribution is 2.60. The van der Waals surface area contributed by atoms with Gasteiger partial charge in [-0.1, -0.05) is 12.1 Å². The largest absolute Gasteiger partial charge is 0.573 e. The van der Waals surface area contributed by atoms with E-state index in [-0.39, 0.29) is 28.9 Å². The van der Waals surface area contributed by atoms with Crippen molar-refractivity contribution in [3.63, 3.8) is 0 Å². The van der Waals surface area contributed by atoms with Gasteiger partial charge in [-0.05, 0) is 42.9 Å². The van der Waals surface area contributed by atoms with Crippen molar-refractivity contribution < 1.29 is 32.2 Å². The molecule has 2 amide bonds. The molecule has 1 aromatic rings. The number of rotatable bonds is 3. The van der Waals surface area contributed by atoms with E-state index in [1.54, 1.807) is 12.1 Å². The summed E-state index contributed by atoms with van der Waals surface area (Å²) in [5.41, 5.74) is 0.115. The zero-order valence-electron chi connectivity index (χ0n) is 14.9. The molecule has 2 unspecified atom stereocenters. The van der Waals surface area contributed by atoms with Crippen molar-refractivity contribution in [1.82, 2.24) is 10.2 Å². The molecule has 1 N–H and O–H groups in total. The number of fused-ring (bicyclic) bond motifs is 1. The molecule has 5 rings (SSSR count). The summed E-state index contributed by atoms with van der Waals surface area (Å²) in [6, 6.07) is 6.09. The first-order valence-electron chi connectivity index (χ1n) is 9.28. The highest BCUT2D eigenvalue weighted by atomic mass is 19.4. The Bertz CT molecular complexity index is 852. The second-order valence-corrected chi connectivity index (χ2v) is 8.44. The predicted octanol–water partition coefficient (Wildman–Crippen LogP) is 2.57. The van der Waals surface area contributed by atoms with Crippen molar-refractivity contribution in [2.75, 3.05) is 19.7 Å². The number of benzene rings is 1. The van der Waals surface area contributed by atoms with Gasteiger partial charge in [-0.3, -0.25) is 4.79 Å². The van der Waals surface area contributed by atoms with E-state index >= 15 is 0 Å². The highest BCUT2D eigenvalue weighted by Gasteiger charge is 2.63. The summed E-state index contributed by atoms with van der Waals surface area (Å²) in [6.45, 7) is 1.43. The van der Waals surface area contributed by atoms with Crippen molar-refractivity contribution in [2.45, 2.75) is 36.6 Å². The van der Waals surface area contributed by atoms with Gasteiger partial charge in [0.15, 0.2) is 0 Å². The molecule has 1 spiro atoms. The standard InChI is InChI=1S/C19H19F3N2O4/c20-19(21,22)28-14-3-1-2-12(4-14)18-7-13(18)8-24(9-18)15(25)11-5-17(6-11)10-27-16(26)23-17/h1-4,11,13H,5-10H2,(H,23,26)/t11-,13?,17+,18?. The second kappa shape index (κ2) is 5.55. The van der Waals surface area contributed by atoms with Gasteiger partial charge < -0.3 is 19.7 Å². The minimum atomic E-state index is -4.73. The summed E-state index contributed by atoms with van der Waals surface area (Å²) in [5.74, 6) is -0.0497. The first kappa shape index (κ1) is 17.6. The number of likely N-dealkylation sites (tertiary alicyclic amines) is 1. The molecule has 1 aromatic carbocycles. The second-order valence-electron chi connectivity index (χ2n) is 8.44. The van der Waals surface area contributed by atoms with E-state index in [0.717, 1.165) is 12.0 Å². The maximum absolute atomic E-state index is 12.8. The lowest BCUT2D eigenvalue weighted by molar-refractivity contribution is -0.274. The van der Waals surface area contributed by atoms with Crippen LogP contribution in [0.1, 0.15) is 24.8 Å². The van der Waals surface area contributed by atoms with E-state index < -0.39 is 18.0 Å². The molecular formula is C19H19F3N2O4. The highest BCUT2D eigenvalue weighted by molar-refractivity contribution is 5.82. The van der Waals surface area contributed by atoms with Crippen LogP contribution < -0.4 is 10.1 Å². The summed E-state index contributed by atoms with van der Waals surface area (Å²) < 4.78 is 46.5. The molecule has 2 atom stereocenters. The van der Waals surface area contributed by atoms with E-state index in [1.807, 2.05) is 4.90 Å². The average molecular weight is 396 g/mol. The smallest absolute Gasteiger partial charge is 0.447 e. The molecule has 28 heavy (non-hydrogen) atoms. The molecule has 6 nitrogen and oxygen atoms in total. The molecular weight excluding hydrogens is 377 g/mol. The van der Waals surface area contributed by atoms with Gasteiger partial charge in [-0.2, -0.15) is 0 Å². The van der Waals surface area contributed by atoms with Crippen LogP contribution in [-0.2, 0) is 14.9 Å². The van der Waals surface area contributed by atoms with Crippen LogP contribution in [0, 0.1) is 11.8 Å². The van der Waals surface area contributed by atoms with Crippen LogP contribution in [0.3, 0.4) is 0 Å². The Morgan fingerprint density at radius 1 is 1.29 bits per heavy atom.